The minimum absolute atomic E-state index is 0.285. The molecule has 5 heteroatoms. The van der Waals surface area contributed by atoms with E-state index in [2.05, 4.69) is 15.3 Å². The smallest absolute Gasteiger partial charge is 0.218 e. The number of halogens is 1. The lowest BCUT2D eigenvalue weighted by molar-refractivity contribution is 0.396. The summed E-state index contributed by atoms with van der Waals surface area (Å²) in [5.74, 6) is 2.81. The molecule has 88 valence electrons. The molecule has 0 amide bonds. The zero-order chi connectivity index (χ0) is 11.6. The van der Waals surface area contributed by atoms with Gasteiger partial charge in [0, 0.05) is 23.9 Å². The van der Waals surface area contributed by atoms with Crippen molar-refractivity contribution in [1.82, 2.24) is 9.97 Å². The summed E-state index contributed by atoms with van der Waals surface area (Å²) in [6.45, 7) is 2.72. The summed E-state index contributed by atoms with van der Waals surface area (Å²) in [6.07, 6.45) is 2.40. The van der Waals surface area contributed by atoms with E-state index in [-0.39, 0.29) is 5.41 Å². The summed E-state index contributed by atoms with van der Waals surface area (Å²) in [7, 11) is 1.60. The maximum absolute atomic E-state index is 5.91. The molecule has 0 aliphatic heterocycles. The van der Waals surface area contributed by atoms with Crippen LogP contribution in [0.1, 0.15) is 18.7 Å². The van der Waals surface area contributed by atoms with Gasteiger partial charge in [0.2, 0.25) is 5.88 Å². The lowest BCUT2D eigenvalue weighted by Gasteiger charge is -2.13. The Kier molecular flexibility index (Phi) is 3.19. The van der Waals surface area contributed by atoms with Gasteiger partial charge in [0.05, 0.1) is 7.11 Å². The third kappa shape index (κ3) is 2.55. The Balaban J connectivity index is 2.01. The number of hydrogen-bond acceptors (Lipinski definition) is 4. The zero-order valence-corrected chi connectivity index (χ0v) is 10.3. The van der Waals surface area contributed by atoms with Crippen LogP contribution in [0.4, 0.5) is 5.82 Å². The molecule has 0 radical (unpaired) electrons. The molecule has 16 heavy (non-hydrogen) atoms. The molecule has 4 nitrogen and oxygen atoms in total. The molecule has 1 aliphatic rings. The van der Waals surface area contributed by atoms with Gasteiger partial charge >= 0.3 is 0 Å². The van der Waals surface area contributed by atoms with Crippen molar-refractivity contribution in [2.45, 2.75) is 19.8 Å². The zero-order valence-electron chi connectivity index (χ0n) is 9.59. The van der Waals surface area contributed by atoms with Crippen LogP contribution in [0.2, 0.25) is 0 Å². The van der Waals surface area contributed by atoms with Crippen molar-refractivity contribution < 1.29 is 4.74 Å². The molecule has 0 spiro atoms. The van der Waals surface area contributed by atoms with E-state index in [4.69, 9.17) is 16.3 Å². The summed E-state index contributed by atoms with van der Waals surface area (Å²) in [4.78, 5) is 8.43. The maximum Gasteiger partial charge on any atom is 0.218 e. The molecule has 1 heterocycles. The fraction of sp³-hybridized carbons (Fsp3) is 0.636. The summed E-state index contributed by atoms with van der Waals surface area (Å²) < 4.78 is 5.09. The van der Waals surface area contributed by atoms with Crippen molar-refractivity contribution in [1.29, 1.82) is 0 Å². The summed E-state index contributed by atoms with van der Waals surface area (Å²) in [5, 5.41) is 3.30. The molecule has 2 rings (SSSR count). The Morgan fingerprint density at radius 1 is 1.50 bits per heavy atom. The number of aromatic nitrogens is 2. The molecular weight excluding hydrogens is 226 g/mol. The van der Waals surface area contributed by atoms with Gasteiger partial charge in [-0.3, -0.25) is 0 Å². The summed E-state index contributed by atoms with van der Waals surface area (Å²) in [6, 6.07) is 1.80. The summed E-state index contributed by atoms with van der Waals surface area (Å²) in [5.41, 5.74) is 0.285. The van der Waals surface area contributed by atoms with Crippen LogP contribution in [-0.2, 0) is 0 Å². The van der Waals surface area contributed by atoms with E-state index < -0.39 is 0 Å². The molecule has 1 aromatic rings. The standard InChI is InChI=1S/C11H16ClN3O/c1-8-14-9(5-10(15-8)16-2)13-7-11(6-12)3-4-11/h5H,3-4,6-7H2,1-2H3,(H,13,14,15). The van der Waals surface area contributed by atoms with Gasteiger partial charge in [-0.05, 0) is 19.8 Å². The van der Waals surface area contributed by atoms with Crippen molar-refractivity contribution in [3.63, 3.8) is 0 Å². The molecule has 1 fully saturated rings. The second-order valence-electron chi connectivity index (χ2n) is 4.33. The second-order valence-corrected chi connectivity index (χ2v) is 4.60. The lowest BCUT2D eigenvalue weighted by atomic mass is 10.1. The molecule has 1 aromatic heterocycles. The van der Waals surface area contributed by atoms with Crippen LogP contribution in [0.5, 0.6) is 5.88 Å². The first-order valence-electron chi connectivity index (χ1n) is 5.37. The van der Waals surface area contributed by atoms with Crippen LogP contribution in [0, 0.1) is 12.3 Å². The fourth-order valence-corrected chi connectivity index (χ4v) is 1.91. The van der Waals surface area contributed by atoms with Crippen molar-refractivity contribution in [3.05, 3.63) is 11.9 Å². The highest BCUT2D eigenvalue weighted by Crippen LogP contribution is 2.46. The number of nitrogens with zero attached hydrogens (tertiary/aromatic N) is 2. The number of hydrogen-bond donors (Lipinski definition) is 1. The Morgan fingerprint density at radius 3 is 2.81 bits per heavy atom. The Morgan fingerprint density at radius 2 is 2.25 bits per heavy atom. The third-order valence-electron chi connectivity index (χ3n) is 2.91. The lowest BCUT2D eigenvalue weighted by Crippen LogP contribution is -2.17. The molecule has 0 aromatic carbocycles. The number of ether oxygens (including phenoxy) is 1. The van der Waals surface area contributed by atoms with E-state index >= 15 is 0 Å². The molecule has 0 bridgehead atoms. The Labute approximate surface area is 100 Å². The SMILES string of the molecule is COc1cc(NCC2(CCl)CC2)nc(C)n1. The molecule has 0 saturated heterocycles. The molecular formula is C11H16ClN3O. The molecule has 1 saturated carbocycles. The first kappa shape index (κ1) is 11.5. The summed E-state index contributed by atoms with van der Waals surface area (Å²) >= 11 is 5.91. The number of nitrogens with one attached hydrogen (secondary N) is 1. The largest absolute Gasteiger partial charge is 0.481 e. The fourth-order valence-electron chi connectivity index (χ4n) is 1.55. The first-order valence-corrected chi connectivity index (χ1v) is 5.90. The number of methoxy groups -OCH3 is 1. The van der Waals surface area contributed by atoms with E-state index in [0.717, 1.165) is 12.4 Å². The van der Waals surface area contributed by atoms with Crippen LogP contribution in [-0.4, -0.2) is 29.5 Å². The number of rotatable bonds is 5. The van der Waals surface area contributed by atoms with Crippen molar-refractivity contribution >= 4 is 17.4 Å². The predicted octanol–water partition coefficient (Wildman–Crippen LogP) is 2.22. The Bertz CT molecular complexity index is 379. The van der Waals surface area contributed by atoms with Gasteiger partial charge in [-0.15, -0.1) is 11.6 Å². The second kappa shape index (κ2) is 4.45. The normalized spacial score (nSPS) is 16.9. The van der Waals surface area contributed by atoms with E-state index in [1.807, 2.05) is 6.92 Å². The van der Waals surface area contributed by atoms with Crippen LogP contribution in [0.3, 0.4) is 0 Å². The van der Waals surface area contributed by atoms with Crippen LogP contribution >= 0.6 is 11.6 Å². The van der Waals surface area contributed by atoms with Crippen LogP contribution in [0.15, 0.2) is 6.07 Å². The van der Waals surface area contributed by atoms with Gasteiger partial charge in [-0.2, -0.15) is 4.98 Å². The molecule has 1 aliphatic carbocycles. The van der Waals surface area contributed by atoms with Gasteiger partial charge < -0.3 is 10.1 Å². The van der Waals surface area contributed by atoms with Crippen molar-refractivity contribution in [3.8, 4) is 5.88 Å². The highest BCUT2D eigenvalue weighted by molar-refractivity contribution is 6.18. The van der Waals surface area contributed by atoms with Gasteiger partial charge in [0.25, 0.3) is 0 Å². The van der Waals surface area contributed by atoms with E-state index in [1.54, 1.807) is 13.2 Å². The van der Waals surface area contributed by atoms with Gasteiger partial charge in [0.15, 0.2) is 0 Å². The predicted molar refractivity (Wildman–Crippen MR) is 64.2 cm³/mol. The first-order chi connectivity index (χ1) is 7.67. The third-order valence-corrected chi connectivity index (χ3v) is 3.48. The topological polar surface area (TPSA) is 47.0 Å². The monoisotopic (exact) mass is 241 g/mol. The number of alkyl halides is 1. The van der Waals surface area contributed by atoms with E-state index in [9.17, 15) is 0 Å². The van der Waals surface area contributed by atoms with Crippen LogP contribution in [0.25, 0.3) is 0 Å². The average molecular weight is 242 g/mol. The van der Waals surface area contributed by atoms with Gasteiger partial charge in [-0.1, -0.05) is 0 Å². The minimum Gasteiger partial charge on any atom is -0.481 e. The highest BCUT2D eigenvalue weighted by atomic mass is 35.5. The quantitative estimate of drug-likeness (QED) is 0.803. The van der Waals surface area contributed by atoms with Gasteiger partial charge in [0.1, 0.15) is 11.6 Å². The average Bonchev–Trinajstić information content (AvgIpc) is 3.06. The maximum atomic E-state index is 5.91. The Hall–Kier alpha value is -1.03. The molecule has 0 atom stereocenters. The van der Waals surface area contributed by atoms with Crippen molar-refractivity contribution in [2.75, 3.05) is 24.9 Å². The number of aryl methyl sites for hydroxylation is 1. The number of anilines is 1. The van der Waals surface area contributed by atoms with Crippen molar-refractivity contribution in [2.24, 2.45) is 5.41 Å². The van der Waals surface area contributed by atoms with Gasteiger partial charge in [-0.25, -0.2) is 4.98 Å². The minimum atomic E-state index is 0.285. The van der Waals surface area contributed by atoms with E-state index in [0.29, 0.717) is 17.6 Å². The molecule has 0 unspecified atom stereocenters. The molecule has 1 N–H and O–H groups in total. The van der Waals surface area contributed by atoms with Crippen LogP contribution < -0.4 is 10.1 Å². The highest BCUT2D eigenvalue weighted by Gasteiger charge is 2.41. The van der Waals surface area contributed by atoms with E-state index in [1.165, 1.54) is 12.8 Å².